The lowest BCUT2D eigenvalue weighted by Crippen LogP contribution is -2.52. The topological polar surface area (TPSA) is 66.8 Å². The summed E-state index contributed by atoms with van der Waals surface area (Å²) >= 11 is 6.09. The van der Waals surface area contributed by atoms with Crippen LogP contribution < -0.4 is 0 Å². The molecule has 1 aliphatic heterocycles. The summed E-state index contributed by atoms with van der Waals surface area (Å²) in [7, 11) is 1.46. The number of aliphatic carboxylic acids is 1. The number of piperidine rings is 1. The van der Waals surface area contributed by atoms with Gasteiger partial charge in [-0.3, -0.25) is 9.59 Å². The van der Waals surface area contributed by atoms with Crippen LogP contribution in [0.5, 0.6) is 0 Å². The molecule has 3 unspecified atom stereocenters. The molecule has 5 nitrogen and oxygen atoms in total. The van der Waals surface area contributed by atoms with Gasteiger partial charge in [-0.05, 0) is 31.4 Å². The highest BCUT2D eigenvalue weighted by atomic mass is 35.5. The van der Waals surface area contributed by atoms with Crippen molar-refractivity contribution in [1.82, 2.24) is 4.90 Å². The molecule has 1 heterocycles. The Balaban J connectivity index is 1.73. The number of carboxylic acid groups (broad SMARTS) is 1. The van der Waals surface area contributed by atoms with Crippen LogP contribution in [0, 0.1) is 17.2 Å². The Bertz CT molecular complexity index is 673. The lowest BCUT2D eigenvalue weighted by atomic mass is 9.80. The maximum atomic E-state index is 14.0. The van der Waals surface area contributed by atoms with E-state index in [1.54, 1.807) is 11.0 Å². The van der Waals surface area contributed by atoms with E-state index in [2.05, 4.69) is 0 Å². The molecular formula is C18H21ClFNO4. The van der Waals surface area contributed by atoms with E-state index in [-0.39, 0.29) is 30.9 Å². The van der Waals surface area contributed by atoms with Gasteiger partial charge in [0.2, 0.25) is 5.91 Å². The number of halogens is 2. The Kier molecular flexibility index (Phi) is 5.02. The lowest BCUT2D eigenvalue weighted by molar-refractivity contribution is -0.159. The molecule has 2 fully saturated rings. The van der Waals surface area contributed by atoms with Gasteiger partial charge in [0.1, 0.15) is 11.2 Å². The number of carbonyl (C=O) groups excluding carboxylic acids is 1. The van der Waals surface area contributed by atoms with Crippen LogP contribution in [-0.2, 0) is 14.3 Å². The fourth-order valence-electron chi connectivity index (χ4n) is 3.84. The SMILES string of the molecule is COCC1(C(=O)O)CCCN(C(=O)C2CC2c2c(F)cccc2Cl)C1. The normalized spacial score (nSPS) is 28.7. The van der Waals surface area contributed by atoms with Crippen molar-refractivity contribution < 1.29 is 23.8 Å². The third kappa shape index (κ3) is 3.37. The second-order valence-electron chi connectivity index (χ2n) is 6.97. The van der Waals surface area contributed by atoms with Gasteiger partial charge in [-0.2, -0.15) is 0 Å². The Labute approximate surface area is 150 Å². The lowest BCUT2D eigenvalue weighted by Gasteiger charge is -2.39. The number of hydrogen-bond acceptors (Lipinski definition) is 3. The predicted octanol–water partition coefficient (Wildman–Crippen LogP) is 2.92. The van der Waals surface area contributed by atoms with E-state index in [9.17, 15) is 19.1 Å². The zero-order valence-corrected chi connectivity index (χ0v) is 14.8. The first-order valence-corrected chi connectivity index (χ1v) is 8.72. The Hall–Kier alpha value is -1.66. The summed E-state index contributed by atoms with van der Waals surface area (Å²) in [5.74, 6) is -2.03. The largest absolute Gasteiger partial charge is 0.481 e. The minimum absolute atomic E-state index is 0.0688. The molecule has 0 bridgehead atoms. The molecular weight excluding hydrogens is 349 g/mol. The Morgan fingerprint density at radius 1 is 1.48 bits per heavy atom. The molecule has 1 aromatic rings. The fourth-order valence-corrected chi connectivity index (χ4v) is 4.14. The number of benzene rings is 1. The van der Waals surface area contributed by atoms with E-state index in [1.165, 1.54) is 19.2 Å². The van der Waals surface area contributed by atoms with Crippen molar-refractivity contribution in [3.05, 3.63) is 34.6 Å². The summed E-state index contributed by atoms with van der Waals surface area (Å²) < 4.78 is 19.1. The van der Waals surface area contributed by atoms with E-state index < -0.39 is 17.2 Å². The molecule has 1 aromatic carbocycles. The summed E-state index contributed by atoms with van der Waals surface area (Å²) in [6.45, 7) is 0.717. The van der Waals surface area contributed by atoms with Gasteiger partial charge < -0.3 is 14.7 Å². The number of carboxylic acids is 1. The predicted molar refractivity (Wildman–Crippen MR) is 90.0 cm³/mol. The number of ether oxygens (including phenoxy) is 1. The summed E-state index contributed by atoms with van der Waals surface area (Å²) in [6, 6.07) is 4.50. The molecule has 1 aliphatic carbocycles. The highest BCUT2D eigenvalue weighted by Crippen LogP contribution is 2.51. The van der Waals surface area contributed by atoms with Crippen LogP contribution in [0.1, 0.15) is 30.7 Å². The number of rotatable bonds is 5. The van der Waals surface area contributed by atoms with Gasteiger partial charge in [0.05, 0.1) is 6.61 Å². The third-order valence-electron chi connectivity index (χ3n) is 5.24. The molecule has 136 valence electrons. The number of methoxy groups -OCH3 is 1. The second kappa shape index (κ2) is 6.92. The van der Waals surface area contributed by atoms with Crippen LogP contribution >= 0.6 is 11.6 Å². The van der Waals surface area contributed by atoms with Gasteiger partial charge in [0.15, 0.2) is 0 Å². The van der Waals surface area contributed by atoms with E-state index in [1.807, 2.05) is 0 Å². The first kappa shape index (κ1) is 18.1. The maximum absolute atomic E-state index is 14.0. The van der Waals surface area contributed by atoms with Gasteiger partial charge in [0, 0.05) is 42.6 Å². The number of hydrogen-bond donors (Lipinski definition) is 1. The van der Waals surface area contributed by atoms with Crippen molar-refractivity contribution in [2.45, 2.75) is 25.2 Å². The molecule has 0 aromatic heterocycles. The third-order valence-corrected chi connectivity index (χ3v) is 5.57. The van der Waals surface area contributed by atoms with E-state index in [0.29, 0.717) is 36.4 Å². The fraction of sp³-hybridized carbons (Fsp3) is 0.556. The molecule has 7 heteroatoms. The molecule has 1 saturated heterocycles. The molecule has 0 radical (unpaired) electrons. The van der Waals surface area contributed by atoms with Crippen LogP contribution in [0.2, 0.25) is 5.02 Å². The number of carbonyl (C=O) groups is 2. The minimum atomic E-state index is -1.07. The maximum Gasteiger partial charge on any atom is 0.313 e. The van der Waals surface area contributed by atoms with Crippen molar-refractivity contribution in [1.29, 1.82) is 0 Å². The summed E-state index contributed by atoms with van der Waals surface area (Å²) in [4.78, 5) is 26.1. The highest BCUT2D eigenvalue weighted by molar-refractivity contribution is 6.31. The number of likely N-dealkylation sites (tertiary alicyclic amines) is 1. The van der Waals surface area contributed by atoms with Gasteiger partial charge in [-0.15, -0.1) is 0 Å². The van der Waals surface area contributed by atoms with Crippen molar-refractivity contribution in [3.63, 3.8) is 0 Å². The minimum Gasteiger partial charge on any atom is -0.481 e. The van der Waals surface area contributed by atoms with Crippen molar-refractivity contribution in [3.8, 4) is 0 Å². The van der Waals surface area contributed by atoms with Gasteiger partial charge in [-0.1, -0.05) is 17.7 Å². The monoisotopic (exact) mass is 369 g/mol. The zero-order valence-electron chi connectivity index (χ0n) is 14.0. The average molecular weight is 370 g/mol. The first-order chi connectivity index (χ1) is 11.9. The molecule has 25 heavy (non-hydrogen) atoms. The molecule has 3 atom stereocenters. The summed E-state index contributed by atoms with van der Waals surface area (Å²) in [5, 5.41) is 9.92. The zero-order chi connectivity index (χ0) is 18.2. The van der Waals surface area contributed by atoms with E-state index in [0.717, 1.165) is 0 Å². The smallest absolute Gasteiger partial charge is 0.313 e. The van der Waals surface area contributed by atoms with Gasteiger partial charge in [-0.25, -0.2) is 4.39 Å². The Morgan fingerprint density at radius 2 is 2.24 bits per heavy atom. The molecule has 1 amide bonds. The van der Waals surface area contributed by atoms with Crippen molar-refractivity contribution in [2.24, 2.45) is 11.3 Å². The van der Waals surface area contributed by atoms with Crippen LogP contribution in [0.15, 0.2) is 18.2 Å². The molecule has 1 N–H and O–H groups in total. The van der Waals surface area contributed by atoms with Crippen LogP contribution in [0.3, 0.4) is 0 Å². The van der Waals surface area contributed by atoms with E-state index >= 15 is 0 Å². The molecule has 1 saturated carbocycles. The van der Waals surface area contributed by atoms with Crippen LogP contribution in [0.4, 0.5) is 4.39 Å². The van der Waals surface area contributed by atoms with Crippen LogP contribution in [0.25, 0.3) is 0 Å². The quantitative estimate of drug-likeness (QED) is 0.866. The summed E-state index contributed by atoms with van der Waals surface area (Å²) in [5.41, 5.74) is -0.677. The van der Waals surface area contributed by atoms with Gasteiger partial charge in [0.25, 0.3) is 0 Å². The van der Waals surface area contributed by atoms with E-state index in [4.69, 9.17) is 16.3 Å². The number of amides is 1. The molecule has 0 spiro atoms. The standard InChI is InChI=1S/C18H21ClFNO4/c1-25-10-18(17(23)24)6-3-7-21(9-18)16(22)12-8-11(12)15-13(19)4-2-5-14(15)20/h2,4-5,11-12H,3,6-10H2,1H3,(H,23,24). The molecule has 3 rings (SSSR count). The highest BCUT2D eigenvalue weighted by Gasteiger charge is 2.51. The Morgan fingerprint density at radius 3 is 2.88 bits per heavy atom. The average Bonchev–Trinajstić information content (AvgIpc) is 3.34. The second-order valence-corrected chi connectivity index (χ2v) is 7.37. The number of nitrogens with zero attached hydrogens (tertiary/aromatic N) is 1. The summed E-state index contributed by atoms with van der Waals surface area (Å²) in [6.07, 6.45) is 1.63. The van der Waals surface area contributed by atoms with Crippen LogP contribution in [-0.4, -0.2) is 48.7 Å². The van der Waals surface area contributed by atoms with Crippen molar-refractivity contribution >= 4 is 23.5 Å². The first-order valence-electron chi connectivity index (χ1n) is 8.34. The molecule has 2 aliphatic rings. The van der Waals surface area contributed by atoms with Gasteiger partial charge >= 0.3 is 5.97 Å². The van der Waals surface area contributed by atoms with Crippen molar-refractivity contribution in [2.75, 3.05) is 26.8 Å².